The Morgan fingerprint density at radius 1 is 1.26 bits per heavy atom. The SMILES string of the molecule is COc1ccc(C(C)=O)c(Oc2ncc(Br)cn2)c1. The fourth-order valence-corrected chi connectivity index (χ4v) is 1.66. The van der Waals surface area contributed by atoms with Crippen LogP contribution in [0.1, 0.15) is 17.3 Å². The van der Waals surface area contributed by atoms with Gasteiger partial charge in [0.1, 0.15) is 11.5 Å². The molecule has 0 saturated carbocycles. The molecule has 0 N–H and O–H groups in total. The van der Waals surface area contributed by atoms with Crippen LogP contribution in [0.25, 0.3) is 0 Å². The first kappa shape index (κ1) is 13.5. The minimum atomic E-state index is -0.102. The molecule has 0 fully saturated rings. The van der Waals surface area contributed by atoms with E-state index in [1.807, 2.05) is 0 Å². The summed E-state index contributed by atoms with van der Waals surface area (Å²) in [5.74, 6) is 0.862. The number of nitrogens with zero attached hydrogens (tertiary/aromatic N) is 2. The fourth-order valence-electron chi connectivity index (χ4n) is 1.46. The van der Waals surface area contributed by atoms with E-state index in [1.54, 1.807) is 37.7 Å². The quantitative estimate of drug-likeness (QED) is 0.808. The van der Waals surface area contributed by atoms with Crippen LogP contribution < -0.4 is 9.47 Å². The van der Waals surface area contributed by atoms with Gasteiger partial charge in [-0.15, -0.1) is 0 Å². The number of carbonyl (C=O) groups is 1. The minimum Gasteiger partial charge on any atom is -0.497 e. The van der Waals surface area contributed by atoms with Gasteiger partial charge in [-0.25, -0.2) is 9.97 Å². The van der Waals surface area contributed by atoms with Crippen LogP contribution in [0.4, 0.5) is 0 Å². The highest BCUT2D eigenvalue weighted by molar-refractivity contribution is 9.10. The first-order chi connectivity index (χ1) is 9.10. The molecule has 19 heavy (non-hydrogen) atoms. The van der Waals surface area contributed by atoms with Gasteiger partial charge < -0.3 is 9.47 Å². The maximum Gasteiger partial charge on any atom is 0.321 e. The van der Waals surface area contributed by atoms with E-state index in [1.165, 1.54) is 6.92 Å². The van der Waals surface area contributed by atoms with Crippen molar-refractivity contribution in [2.45, 2.75) is 6.92 Å². The average Bonchev–Trinajstić information content (AvgIpc) is 2.41. The van der Waals surface area contributed by atoms with Crippen LogP contribution in [0.2, 0.25) is 0 Å². The van der Waals surface area contributed by atoms with Gasteiger partial charge in [-0.3, -0.25) is 4.79 Å². The standard InChI is InChI=1S/C13H11BrN2O3/c1-8(17)11-4-3-10(18-2)5-12(11)19-13-15-6-9(14)7-16-13/h3-7H,1-2H3. The third-order valence-electron chi connectivity index (χ3n) is 2.37. The van der Waals surface area contributed by atoms with Crippen LogP contribution in [0, 0.1) is 0 Å². The molecular formula is C13H11BrN2O3. The van der Waals surface area contributed by atoms with Crippen LogP contribution in [-0.4, -0.2) is 22.9 Å². The number of Topliss-reactive ketones (excluding diaryl/α,β-unsaturated/α-hetero) is 1. The number of ketones is 1. The Morgan fingerprint density at radius 2 is 1.95 bits per heavy atom. The van der Waals surface area contributed by atoms with E-state index in [0.717, 1.165) is 4.47 Å². The van der Waals surface area contributed by atoms with Crippen molar-refractivity contribution in [2.24, 2.45) is 0 Å². The molecule has 0 radical (unpaired) electrons. The molecule has 6 heteroatoms. The molecule has 1 aromatic carbocycles. The van der Waals surface area contributed by atoms with Gasteiger partial charge in [0.15, 0.2) is 5.78 Å². The van der Waals surface area contributed by atoms with Crippen molar-refractivity contribution < 1.29 is 14.3 Å². The molecule has 2 aromatic rings. The second-order valence-corrected chi connectivity index (χ2v) is 4.62. The largest absolute Gasteiger partial charge is 0.497 e. The second-order valence-electron chi connectivity index (χ2n) is 3.70. The van der Waals surface area contributed by atoms with E-state index in [9.17, 15) is 4.79 Å². The molecule has 5 nitrogen and oxygen atoms in total. The summed E-state index contributed by atoms with van der Waals surface area (Å²) in [6.07, 6.45) is 3.13. The molecule has 1 aromatic heterocycles. The topological polar surface area (TPSA) is 61.3 Å². The van der Waals surface area contributed by atoms with Crippen molar-refractivity contribution in [1.29, 1.82) is 0 Å². The number of halogens is 1. The number of benzene rings is 1. The number of hydrogen-bond acceptors (Lipinski definition) is 5. The van der Waals surface area contributed by atoms with Crippen LogP contribution in [0.15, 0.2) is 35.1 Å². The molecule has 0 spiro atoms. The van der Waals surface area contributed by atoms with Gasteiger partial charge in [-0.05, 0) is 35.0 Å². The lowest BCUT2D eigenvalue weighted by Crippen LogP contribution is -1.99. The minimum absolute atomic E-state index is 0.102. The molecule has 0 bridgehead atoms. The zero-order valence-corrected chi connectivity index (χ0v) is 12.0. The number of methoxy groups -OCH3 is 1. The Bertz CT molecular complexity index is 599. The summed E-state index contributed by atoms with van der Waals surface area (Å²) in [6, 6.07) is 5.14. The first-order valence-corrected chi connectivity index (χ1v) is 6.24. The van der Waals surface area contributed by atoms with E-state index in [-0.39, 0.29) is 11.8 Å². The van der Waals surface area contributed by atoms with Crippen molar-refractivity contribution in [2.75, 3.05) is 7.11 Å². The monoisotopic (exact) mass is 322 g/mol. The predicted molar refractivity (Wildman–Crippen MR) is 72.8 cm³/mol. The predicted octanol–water partition coefficient (Wildman–Crippen LogP) is 3.24. The van der Waals surface area contributed by atoms with Crippen molar-refractivity contribution in [3.05, 3.63) is 40.6 Å². The van der Waals surface area contributed by atoms with Crippen LogP contribution in [0.3, 0.4) is 0 Å². The molecule has 0 amide bonds. The van der Waals surface area contributed by atoms with E-state index in [0.29, 0.717) is 17.1 Å². The Hall–Kier alpha value is -1.95. The van der Waals surface area contributed by atoms with Crippen LogP contribution in [0.5, 0.6) is 17.5 Å². The highest BCUT2D eigenvalue weighted by atomic mass is 79.9. The number of hydrogen-bond donors (Lipinski definition) is 0. The maximum atomic E-state index is 11.5. The summed E-state index contributed by atoms with van der Waals surface area (Å²) in [5.41, 5.74) is 0.451. The van der Waals surface area contributed by atoms with E-state index < -0.39 is 0 Å². The second kappa shape index (κ2) is 5.79. The lowest BCUT2D eigenvalue weighted by Gasteiger charge is -2.09. The Kier molecular flexibility index (Phi) is 4.11. The smallest absolute Gasteiger partial charge is 0.321 e. The molecule has 0 aliphatic rings. The Balaban J connectivity index is 2.36. The number of ether oxygens (including phenoxy) is 2. The summed E-state index contributed by atoms with van der Waals surface area (Å²) in [7, 11) is 1.54. The third-order valence-corrected chi connectivity index (χ3v) is 2.78. The van der Waals surface area contributed by atoms with Gasteiger partial charge >= 0.3 is 6.01 Å². The summed E-state index contributed by atoms with van der Waals surface area (Å²) < 4.78 is 11.4. The number of rotatable bonds is 4. The molecule has 0 aliphatic carbocycles. The molecule has 0 aliphatic heterocycles. The zero-order chi connectivity index (χ0) is 13.8. The lowest BCUT2D eigenvalue weighted by molar-refractivity contribution is 0.101. The van der Waals surface area contributed by atoms with Gasteiger partial charge in [0.05, 0.1) is 17.1 Å². The molecule has 2 rings (SSSR count). The van der Waals surface area contributed by atoms with Gasteiger partial charge in [0.25, 0.3) is 0 Å². The fraction of sp³-hybridized carbons (Fsp3) is 0.154. The van der Waals surface area contributed by atoms with E-state index >= 15 is 0 Å². The average molecular weight is 323 g/mol. The van der Waals surface area contributed by atoms with Gasteiger partial charge in [0.2, 0.25) is 0 Å². The summed E-state index contributed by atoms with van der Waals surface area (Å²) in [6.45, 7) is 1.47. The van der Waals surface area contributed by atoms with E-state index in [4.69, 9.17) is 9.47 Å². The molecule has 1 heterocycles. The number of aromatic nitrogens is 2. The Labute approximate surface area is 118 Å². The van der Waals surface area contributed by atoms with Crippen LogP contribution in [-0.2, 0) is 0 Å². The third kappa shape index (κ3) is 3.29. The normalized spacial score (nSPS) is 10.1. The number of carbonyl (C=O) groups excluding carboxylic acids is 1. The molecule has 98 valence electrons. The van der Waals surface area contributed by atoms with Crippen molar-refractivity contribution in [3.63, 3.8) is 0 Å². The van der Waals surface area contributed by atoms with E-state index in [2.05, 4.69) is 25.9 Å². The zero-order valence-electron chi connectivity index (χ0n) is 10.4. The van der Waals surface area contributed by atoms with Crippen molar-refractivity contribution >= 4 is 21.7 Å². The molecular weight excluding hydrogens is 312 g/mol. The molecule has 0 saturated heterocycles. The molecule has 0 unspecified atom stereocenters. The van der Waals surface area contributed by atoms with Crippen LogP contribution >= 0.6 is 15.9 Å². The molecule has 0 atom stereocenters. The summed E-state index contributed by atoms with van der Waals surface area (Å²) in [4.78, 5) is 19.5. The highest BCUT2D eigenvalue weighted by Gasteiger charge is 2.12. The van der Waals surface area contributed by atoms with Gasteiger partial charge in [0, 0.05) is 18.5 Å². The van der Waals surface area contributed by atoms with Gasteiger partial charge in [-0.2, -0.15) is 0 Å². The summed E-state index contributed by atoms with van der Waals surface area (Å²) >= 11 is 3.24. The lowest BCUT2D eigenvalue weighted by atomic mass is 10.1. The van der Waals surface area contributed by atoms with Crippen molar-refractivity contribution in [3.8, 4) is 17.5 Å². The summed E-state index contributed by atoms with van der Waals surface area (Å²) in [5, 5.41) is 0. The maximum absolute atomic E-state index is 11.5. The Morgan fingerprint density at radius 3 is 2.53 bits per heavy atom. The first-order valence-electron chi connectivity index (χ1n) is 5.44. The highest BCUT2D eigenvalue weighted by Crippen LogP contribution is 2.28. The van der Waals surface area contributed by atoms with Crippen molar-refractivity contribution in [1.82, 2.24) is 9.97 Å². The van der Waals surface area contributed by atoms with Gasteiger partial charge in [-0.1, -0.05) is 0 Å².